The van der Waals surface area contributed by atoms with Crippen LogP contribution in [0.1, 0.15) is 0 Å². The summed E-state index contributed by atoms with van der Waals surface area (Å²) < 4.78 is 33.1. The van der Waals surface area contributed by atoms with Crippen LogP contribution in [-0.4, -0.2) is 24.5 Å². The van der Waals surface area contributed by atoms with Crippen molar-refractivity contribution in [3.63, 3.8) is 0 Å². The predicted molar refractivity (Wildman–Crippen MR) is 97.8 cm³/mol. The van der Waals surface area contributed by atoms with Crippen LogP contribution in [0.4, 0.5) is 0 Å². The monoisotopic (exact) mass is 372 g/mol. The Morgan fingerprint density at radius 2 is 1.80 bits per heavy atom. The number of aromatic nitrogens is 2. The Kier molecular flexibility index (Phi) is 3.67. The summed E-state index contributed by atoms with van der Waals surface area (Å²) in [6, 6.07) is 15.2. The van der Waals surface area contributed by atoms with Crippen LogP contribution in [0.15, 0.2) is 65.7 Å². The van der Waals surface area contributed by atoms with Gasteiger partial charge in [-0.05, 0) is 30.3 Å². The van der Waals surface area contributed by atoms with Crippen LogP contribution in [0.3, 0.4) is 0 Å². The van der Waals surface area contributed by atoms with Gasteiger partial charge in [0, 0.05) is 23.0 Å². The number of benzene rings is 2. The standard InChI is InChI=1S/C18H13ClN2O3S/c1-24-12-7-8-14-16(11-12)21(15-9-10-20-18(19)17(14)15)25(22,23)13-5-3-2-4-6-13/h2-11H,1H3. The molecular weight excluding hydrogens is 360 g/mol. The summed E-state index contributed by atoms with van der Waals surface area (Å²) in [4.78, 5) is 4.29. The molecule has 0 saturated heterocycles. The van der Waals surface area contributed by atoms with Crippen LogP contribution in [-0.2, 0) is 10.0 Å². The smallest absolute Gasteiger partial charge is 0.268 e. The first kappa shape index (κ1) is 15.9. The third-order valence-corrected chi connectivity index (χ3v) is 6.10. The Labute approximate surface area is 149 Å². The summed E-state index contributed by atoms with van der Waals surface area (Å²) in [5.74, 6) is 0.559. The first-order chi connectivity index (χ1) is 12.0. The molecule has 0 aliphatic heterocycles. The van der Waals surface area contributed by atoms with E-state index in [1.54, 1.807) is 54.6 Å². The van der Waals surface area contributed by atoms with Crippen molar-refractivity contribution in [2.24, 2.45) is 0 Å². The van der Waals surface area contributed by atoms with Crippen LogP contribution < -0.4 is 4.74 Å². The lowest BCUT2D eigenvalue weighted by Gasteiger charge is -2.09. The molecule has 25 heavy (non-hydrogen) atoms. The van der Waals surface area contributed by atoms with Gasteiger partial charge in [0.2, 0.25) is 0 Å². The second kappa shape index (κ2) is 5.75. The third kappa shape index (κ3) is 2.37. The minimum Gasteiger partial charge on any atom is -0.497 e. The van der Waals surface area contributed by atoms with Crippen LogP contribution >= 0.6 is 11.6 Å². The minimum atomic E-state index is -3.82. The number of halogens is 1. The lowest BCUT2D eigenvalue weighted by atomic mass is 10.2. The Hall–Kier alpha value is -2.57. The molecule has 0 radical (unpaired) electrons. The second-order valence-corrected chi connectivity index (χ2v) is 7.61. The van der Waals surface area contributed by atoms with Gasteiger partial charge in [-0.3, -0.25) is 0 Å². The van der Waals surface area contributed by atoms with Gasteiger partial charge in [0.05, 0.1) is 23.0 Å². The summed E-state index contributed by atoms with van der Waals surface area (Å²) in [6.07, 6.45) is 1.50. The number of methoxy groups -OCH3 is 1. The Morgan fingerprint density at radius 1 is 1.04 bits per heavy atom. The van der Waals surface area contributed by atoms with Gasteiger partial charge in [0.1, 0.15) is 10.9 Å². The molecule has 0 amide bonds. The molecule has 4 rings (SSSR count). The molecule has 7 heteroatoms. The molecule has 0 N–H and O–H groups in total. The molecular formula is C18H13ClN2O3S. The van der Waals surface area contributed by atoms with E-state index in [-0.39, 0.29) is 10.0 Å². The third-order valence-electron chi connectivity index (χ3n) is 4.08. The minimum absolute atomic E-state index is 0.199. The zero-order valence-electron chi connectivity index (χ0n) is 13.2. The zero-order chi connectivity index (χ0) is 17.6. The zero-order valence-corrected chi connectivity index (χ0v) is 14.8. The maximum atomic E-state index is 13.3. The lowest BCUT2D eigenvalue weighted by molar-refractivity contribution is 0.415. The van der Waals surface area contributed by atoms with Gasteiger partial charge in [0.15, 0.2) is 0 Å². The Bertz CT molecular complexity index is 1200. The van der Waals surface area contributed by atoms with E-state index < -0.39 is 10.0 Å². The van der Waals surface area contributed by atoms with Crippen molar-refractivity contribution < 1.29 is 13.2 Å². The van der Waals surface area contributed by atoms with Gasteiger partial charge in [-0.15, -0.1) is 0 Å². The molecule has 0 bridgehead atoms. The Morgan fingerprint density at radius 3 is 2.52 bits per heavy atom. The van der Waals surface area contributed by atoms with Gasteiger partial charge in [-0.2, -0.15) is 0 Å². The maximum absolute atomic E-state index is 13.3. The number of hydrogen-bond acceptors (Lipinski definition) is 4. The summed E-state index contributed by atoms with van der Waals surface area (Å²) in [6.45, 7) is 0. The van der Waals surface area contributed by atoms with Crippen LogP contribution in [0.25, 0.3) is 21.8 Å². The first-order valence-corrected chi connectivity index (χ1v) is 9.29. The van der Waals surface area contributed by atoms with E-state index in [2.05, 4.69) is 4.98 Å². The van der Waals surface area contributed by atoms with E-state index in [0.717, 1.165) is 0 Å². The number of ether oxygens (including phenoxy) is 1. The fraction of sp³-hybridized carbons (Fsp3) is 0.0556. The fourth-order valence-electron chi connectivity index (χ4n) is 2.95. The van der Waals surface area contributed by atoms with E-state index in [4.69, 9.17) is 16.3 Å². The van der Waals surface area contributed by atoms with Crippen molar-refractivity contribution in [2.75, 3.05) is 7.11 Å². The van der Waals surface area contributed by atoms with Gasteiger partial charge < -0.3 is 4.74 Å². The highest BCUT2D eigenvalue weighted by molar-refractivity contribution is 7.90. The highest BCUT2D eigenvalue weighted by atomic mass is 35.5. The molecule has 0 atom stereocenters. The van der Waals surface area contributed by atoms with Crippen molar-refractivity contribution in [2.45, 2.75) is 4.90 Å². The van der Waals surface area contributed by atoms with E-state index in [1.807, 2.05) is 0 Å². The molecule has 0 aliphatic carbocycles. The van der Waals surface area contributed by atoms with E-state index in [0.29, 0.717) is 27.6 Å². The summed E-state index contributed by atoms with van der Waals surface area (Å²) in [5, 5.41) is 1.56. The molecule has 5 nitrogen and oxygen atoms in total. The van der Waals surface area contributed by atoms with Crippen molar-refractivity contribution in [1.29, 1.82) is 0 Å². The molecule has 0 spiro atoms. The van der Waals surface area contributed by atoms with E-state index in [9.17, 15) is 8.42 Å². The van der Waals surface area contributed by atoms with Crippen LogP contribution in [0.5, 0.6) is 5.75 Å². The summed E-state index contributed by atoms with van der Waals surface area (Å²) in [5.41, 5.74) is 0.972. The summed E-state index contributed by atoms with van der Waals surface area (Å²) in [7, 11) is -2.28. The van der Waals surface area contributed by atoms with Gasteiger partial charge in [-0.1, -0.05) is 29.8 Å². The molecule has 4 aromatic rings. The molecule has 0 aliphatic rings. The van der Waals surface area contributed by atoms with Crippen LogP contribution in [0, 0.1) is 0 Å². The normalized spacial score (nSPS) is 11.9. The van der Waals surface area contributed by atoms with E-state index in [1.165, 1.54) is 17.3 Å². The number of fused-ring (bicyclic) bond motifs is 3. The fourth-order valence-corrected chi connectivity index (χ4v) is 4.74. The van der Waals surface area contributed by atoms with Crippen molar-refractivity contribution >= 4 is 43.4 Å². The quantitative estimate of drug-likeness (QED) is 0.508. The molecule has 0 fully saturated rings. The first-order valence-electron chi connectivity index (χ1n) is 7.47. The highest BCUT2D eigenvalue weighted by Crippen LogP contribution is 2.37. The topological polar surface area (TPSA) is 61.2 Å². The number of rotatable bonds is 3. The molecule has 2 heterocycles. The molecule has 2 aromatic carbocycles. The van der Waals surface area contributed by atoms with Gasteiger partial charge in [-0.25, -0.2) is 17.4 Å². The predicted octanol–water partition coefficient (Wildman–Crippen LogP) is 4.09. The highest BCUT2D eigenvalue weighted by Gasteiger charge is 2.24. The molecule has 126 valence electrons. The molecule has 0 unspecified atom stereocenters. The number of pyridine rings is 1. The molecule has 0 saturated carbocycles. The maximum Gasteiger partial charge on any atom is 0.268 e. The average molecular weight is 373 g/mol. The van der Waals surface area contributed by atoms with Gasteiger partial charge in [0.25, 0.3) is 10.0 Å². The number of nitrogens with zero attached hydrogens (tertiary/aromatic N) is 2. The van der Waals surface area contributed by atoms with E-state index >= 15 is 0 Å². The van der Waals surface area contributed by atoms with Crippen molar-refractivity contribution in [3.05, 3.63) is 65.9 Å². The SMILES string of the molecule is COc1ccc2c3c(Cl)nccc3n(S(=O)(=O)c3ccccc3)c2c1. The van der Waals surface area contributed by atoms with Crippen molar-refractivity contribution in [1.82, 2.24) is 8.96 Å². The largest absolute Gasteiger partial charge is 0.497 e. The van der Waals surface area contributed by atoms with Gasteiger partial charge >= 0.3 is 0 Å². The lowest BCUT2D eigenvalue weighted by Crippen LogP contribution is -2.12. The second-order valence-electron chi connectivity index (χ2n) is 5.46. The number of hydrogen-bond donors (Lipinski definition) is 0. The Balaban J connectivity index is 2.20. The molecule has 2 aromatic heterocycles. The van der Waals surface area contributed by atoms with Crippen LogP contribution in [0.2, 0.25) is 5.15 Å². The van der Waals surface area contributed by atoms with Crippen molar-refractivity contribution in [3.8, 4) is 5.75 Å². The summed E-state index contributed by atoms with van der Waals surface area (Å²) >= 11 is 6.27. The average Bonchev–Trinajstić information content (AvgIpc) is 2.97.